The minimum atomic E-state index is -0.575. The molecule has 1 atom stereocenters. The first-order chi connectivity index (χ1) is 12.1. The molecule has 156 valence electrons. The molecule has 0 aliphatic rings. The van der Waals surface area contributed by atoms with Gasteiger partial charge in [-0.25, -0.2) is 0 Å². The molecular weight excluding hydrogens is 314 g/mol. The third kappa shape index (κ3) is 20.0. The van der Waals surface area contributed by atoms with Crippen LogP contribution in [0.15, 0.2) is 0 Å². The summed E-state index contributed by atoms with van der Waals surface area (Å²) in [6.45, 7) is 19.1. The molecule has 0 bridgehead atoms. The molecule has 0 rings (SSSR count). The van der Waals surface area contributed by atoms with Crippen LogP contribution in [0.25, 0.3) is 0 Å². The van der Waals surface area contributed by atoms with Crippen molar-refractivity contribution in [1.29, 1.82) is 0 Å². The molecule has 0 aromatic heterocycles. The zero-order chi connectivity index (χ0) is 20.0. The Hall–Kier alpha value is -0.160. The molecule has 0 heterocycles. The molecule has 25 heavy (non-hydrogen) atoms. The summed E-state index contributed by atoms with van der Waals surface area (Å²) in [5, 5.41) is 19.3. The van der Waals surface area contributed by atoms with Crippen molar-refractivity contribution in [1.82, 2.24) is 4.90 Å². The number of unbranched alkanes of at least 4 members (excludes halogenated alkanes) is 3. The van der Waals surface area contributed by atoms with Crippen molar-refractivity contribution in [3.05, 3.63) is 0 Å². The molecule has 2 N–H and O–H groups in total. The number of aliphatic hydroxyl groups is 2. The van der Waals surface area contributed by atoms with Gasteiger partial charge in [0.2, 0.25) is 0 Å². The van der Waals surface area contributed by atoms with Gasteiger partial charge in [-0.3, -0.25) is 0 Å². The standard InChI is InChI=1S/C17H37NO3.2C2H6/c1-4-17(20,11-9-7-8-10-14-19)12-15-21-16-13-18(5-2)6-3;2*1-2/h19-20H,4-16H2,1-3H3;2*1-2H3. The predicted molar refractivity (Wildman–Crippen MR) is 111 cm³/mol. The first kappa shape index (κ1) is 29.6. The van der Waals surface area contributed by atoms with Crippen molar-refractivity contribution < 1.29 is 14.9 Å². The Morgan fingerprint density at radius 1 is 0.800 bits per heavy atom. The lowest BCUT2D eigenvalue weighted by Gasteiger charge is -2.27. The highest BCUT2D eigenvalue weighted by Gasteiger charge is 2.23. The van der Waals surface area contributed by atoms with Crippen LogP contribution in [0.2, 0.25) is 0 Å². The molecular formula is C21H49NO3. The Morgan fingerprint density at radius 2 is 1.36 bits per heavy atom. The lowest BCUT2D eigenvalue weighted by Crippen LogP contribution is -2.31. The normalized spacial score (nSPS) is 12.7. The number of hydrogen-bond acceptors (Lipinski definition) is 4. The second-order valence-corrected chi connectivity index (χ2v) is 5.85. The average molecular weight is 364 g/mol. The van der Waals surface area contributed by atoms with Gasteiger partial charge in [-0.2, -0.15) is 0 Å². The zero-order valence-corrected chi connectivity index (χ0v) is 18.4. The highest BCUT2D eigenvalue weighted by atomic mass is 16.5. The maximum absolute atomic E-state index is 10.5. The van der Waals surface area contributed by atoms with Gasteiger partial charge in [0, 0.05) is 19.8 Å². The second-order valence-electron chi connectivity index (χ2n) is 5.85. The molecule has 0 saturated heterocycles. The first-order valence-corrected chi connectivity index (χ1v) is 10.7. The molecule has 0 spiro atoms. The fraction of sp³-hybridized carbons (Fsp3) is 1.00. The Morgan fingerprint density at radius 3 is 1.84 bits per heavy atom. The highest BCUT2D eigenvalue weighted by Crippen LogP contribution is 2.23. The molecule has 0 saturated carbocycles. The van der Waals surface area contributed by atoms with E-state index in [1.54, 1.807) is 0 Å². The van der Waals surface area contributed by atoms with Crippen molar-refractivity contribution in [3.63, 3.8) is 0 Å². The maximum Gasteiger partial charge on any atom is 0.0667 e. The number of nitrogens with zero attached hydrogens (tertiary/aromatic N) is 1. The maximum atomic E-state index is 10.5. The minimum absolute atomic E-state index is 0.276. The first-order valence-electron chi connectivity index (χ1n) is 10.7. The SMILES string of the molecule is CC.CC.CCN(CC)CCOCCC(O)(CC)CCCCCCO. The van der Waals surface area contributed by atoms with E-state index in [1.807, 2.05) is 34.6 Å². The average Bonchev–Trinajstić information content (AvgIpc) is 2.68. The summed E-state index contributed by atoms with van der Waals surface area (Å²) >= 11 is 0. The fourth-order valence-corrected chi connectivity index (χ4v) is 2.50. The van der Waals surface area contributed by atoms with Crippen LogP contribution < -0.4 is 0 Å². The van der Waals surface area contributed by atoms with E-state index in [0.29, 0.717) is 6.61 Å². The highest BCUT2D eigenvalue weighted by molar-refractivity contribution is 4.76. The summed E-state index contributed by atoms with van der Waals surface area (Å²) in [6.07, 6.45) is 6.40. The van der Waals surface area contributed by atoms with Crippen LogP contribution in [0.4, 0.5) is 0 Å². The second kappa shape index (κ2) is 23.8. The van der Waals surface area contributed by atoms with Gasteiger partial charge in [-0.05, 0) is 38.8 Å². The van der Waals surface area contributed by atoms with Crippen molar-refractivity contribution in [3.8, 4) is 0 Å². The molecule has 0 aromatic rings. The van der Waals surface area contributed by atoms with Gasteiger partial charge in [-0.15, -0.1) is 0 Å². The number of rotatable bonds is 15. The Labute approximate surface area is 159 Å². The smallest absolute Gasteiger partial charge is 0.0667 e. The number of aliphatic hydroxyl groups excluding tert-OH is 1. The van der Waals surface area contributed by atoms with Gasteiger partial charge < -0.3 is 19.8 Å². The van der Waals surface area contributed by atoms with Crippen molar-refractivity contribution >= 4 is 0 Å². The molecule has 0 aliphatic carbocycles. The summed E-state index contributed by atoms with van der Waals surface area (Å²) < 4.78 is 5.68. The molecule has 0 fully saturated rings. The lowest BCUT2D eigenvalue weighted by atomic mass is 9.90. The van der Waals surface area contributed by atoms with E-state index in [4.69, 9.17) is 9.84 Å². The Balaban J connectivity index is -0.00000112. The van der Waals surface area contributed by atoms with Crippen LogP contribution >= 0.6 is 0 Å². The summed E-state index contributed by atoms with van der Waals surface area (Å²) in [7, 11) is 0. The quantitative estimate of drug-likeness (QED) is 0.408. The third-order valence-corrected chi connectivity index (χ3v) is 4.37. The van der Waals surface area contributed by atoms with Crippen molar-refractivity contribution in [2.75, 3.05) is 39.5 Å². The summed E-state index contributed by atoms with van der Waals surface area (Å²) in [4.78, 5) is 2.34. The van der Waals surface area contributed by atoms with Crippen molar-refractivity contribution in [2.45, 2.75) is 99.0 Å². The predicted octanol–water partition coefficient (Wildman–Crippen LogP) is 4.87. The van der Waals surface area contributed by atoms with E-state index < -0.39 is 5.60 Å². The Bertz CT molecular complexity index is 223. The molecule has 0 amide bonds. The van der Waals surface area contributed by atoms with Crippen LogP contribution in [0.5, 0.6) is 0 Å². The van der Waals surface area contributed by atoms with Gasteiger partial charge >= 0.3 is 0 Å². The summed E-state index contributed by atoms with van der Waals surface area (Å²) in [5.74, 6) is 0. The van der Waals surface area contributed by atoms with E-state index >= 15 is 0 Å². The van der Waals surface area contributed by atoms with Gasteiger partial charge in [0.15, 0.2) is 0 Å². The van der Waals surface area contributed by atoms with Crippen molar-refractivity contribution in [2.24, 2.45) is 0 Å². The molecule has 0 aliphatic heterocycles. The van der Waals surface area contributed by atoms with Crippen LogP contribution in [-0.4, -0.2) is 60.2 Å². The van der Waals surface area contributed by atoms with E-state index in [0.717, 1.165) is 71.2 Å². The monoisotopic (exact) mass is 363 g/mol. The van der Waals surface area contributed by atoms with Crippen LogP contribution in [0.3, 0.4) is 0 Å². The Kier molecular flexibility index (Phi) is 28.2. The number of ether oxygens (including phenoxy) is 1. The van der Waals surface area contributed by atoms with Crippen LogP contribution in [-0.2, 0) is 4.74 Å². The van der Waals surface area contributed by atoms with Gasteiger partial charge in [0.25, 0.3) is 0 Å². The van der Waals surface area contributed by atoms with Gasteiger partial charge in [0.1, 0.15) is 0 Å². The summed E-state index contributed by atoms with van der Waals surface area (Å²) in [6, 6.07) is 0. The molecule has 1 unspecified atom stereocenters. The largest absolute Gasteiger partial charge is 0.396 e. The number of hydrogen-bond donors (Lipinski definition) is 2. The lowest BCUT2D eigenvalue weighted by molar-refractivity contribution is -0.0138. The molecule has 0 radical (unpaired) electrons. The van der Waals surface area contributed by atoms with Gasteiger partial charge in [0.05, 0.1) is 12.2 Å². The van der Waals surface area contributed by atoms with Crippen LogP contribution in [0, 0.1) is 0 Å². The summed E-state index contributed by atoms with van der Waals surface area (Å²) in [5.41, 5.74) is -0.575. The van der Waals surface area contributed by atoms with Gasteiger partial charge in [-0.1, -0.05) is 67.7 Å². The molecule has 4 nitrogen and oxygen atoms in total. The van der Waals surface area contributed by atoms with E-state index in [9.17, 15) is 5.11 Å². The third-order valence-electron chi connectivity index (χ3n) is 4.37. The van der Waals surface area contributed by atoms with Crippen LogP contribution in [0.1, 0.15) is 93.4 Å². The molecule has 0 aromatic carbocycles. The fourth-order valence-electron chi connectivity index (χ4n) is 2.50. The van der Waals surface area contributed by atoms with E-state index in [1.165, 1.54) is 0 Å². The van der Waals surface area contributed by atoms with E-state index in [2.05, 4.69) is 18.7 Å². The zero-order valence-electron chi connectivity index (χ0n) is 18.4. The van der Waals surface area contributed by atoms with E-state index in [-0.39, 0.29) is 6.61 Å². The topological polar surface area (TPSA) is 52.9 Å². The number of likely N-dealkylation sites (N-methyl/N-ethyl adjacent to an activating group) is 1. The molecule has 4 heteroatoms. The minimum Gasteiger partial charge on any atom is -0.396 e.